The van der Waals surface area contributed by atoms with Gasteiger partial charge in [-0.15, -0.1) is 0 Å². The standard InChI is InChI=1S/C14H19FN2O/c1-2-3-6-18-7-4-5-17-14-9-12(11-16)8-13(15)10-14/h8-10,17H,2-7H2,1H3. The lowest BCUT2D eigenvalue weighted by molar-refractivity contribution is 0.131. The first kappa shape index (κ1) is 14.5. The second kappa shape index (κ2) is 8.48. The van der Waals surface area contributed by atoms with Crippen LogP contribution in [-0.4, -0.2) is 19.8 Å². The lowest BCUT2D eigenvalue weighted by Gasteiger charge is -2.07. The minimum atomic E-state index is -0.393. The van der Waals surface area contributed by atoms with Crippen molar-refractivity contribution in [2.24, 2.45) is 0 Å². The van der Waals surface area contributed by atoms with Gasteiger partial charge in [-0.05, 0) is 31.0 Å². The second-order valence-corrected chi connectivity index (χ2v) is 4.09. The van der Waals surface area contributed by atoms with Crippen molar-refractivity contribution >= 4 is 5.69 Å². The minimum absolute atomic E-state index is 0.330. The van der Waals surface area contributed by atoms with E-state index in [1.165, 1.54) is 12.1 Å². The van der Waals surface area contributed by atoms with Gasteiger partial charge in [-0.1, -0.05) is 13.3 Å². The van der Waals surface area contributed by atoms with Crippen LogP contribution in [0.2, 0.25) is 0 Å². The molecule has 0 heterocycles. The highest BCUT2D eigenvalue weighted by Gasteiger charge is 1.99. The summed E-state index contributed by atoms with van der Waals surface area (Å²) in [5.74, 6) is -0.393. The Balaban J connectivity index is 2.23. The summed E-state index contributed by atoms with van der Waals surface area (Å²) in [4.78, 5) is 0. The smallest absolute Gasteiger partial charge is 0.126 e. The second-order valence-electron chi connectivity index (χ2n) is 4.09. The average molecular weight is 250 g/mol. The summed E-state index contributed by atoms with van der Waals surface area (Å²) in [6, 6.07) is 6.18. The van der Waals surface area contributed by atoms with Crippen molar-refractivity contribution in [2.45, 2.75) is 26.2 Å². The Labute approximate surface area is 108 Å². The summed E-state index contributed by atoms with van der Waals surface area (Å²) < 4.78 is 18.5. The number of nitriles is 1. The van der Waals surface area contributed by atoms with Crippen LogP contribution in [0.4, 0.5) is 10.1 Å². The summed E-state index contributed by atoms with van der Waals surface area (Å²) in [5.41, 5.74) is 0.969. The van der Waals surface area contributed by atoms with Crippen molar-refractivity contribution in [3.8, 4) is 6.07 Å². The molecule has 0 saturated heterocycles. The van der Waals surface area contributed by atoms with Crippen LogP contribution in [0.3, 0.4) is 0 Å². The van der Waals surface area contributed by atoms with Crippen LogP contribution in [0.15, 0.2) is 18.2 Å². The van der Waals surface area contributed by atoms with Crippen LogP contribution >= 0.6 is 0 Å². The molecule has 0 fully saturated rings. The van der Waals surface area contributed by atoms with Gasteiger partial charge in [0.05, 0.1) is 11.6 Å². The van der Waals surface area contributed by atoms with E-state index in [0.29, 0.717) is 24.4 Å². The fraction of sp³-hybridized carbons (Fsp3) is 0.500. The van der Waals surface area contributed by atoms with Crippen LogP contribution in [0.5, 0.6) is 0 Å². The molecule has 0 amide bonds. The largest absolute Gasteiger partial charge is 0.385 e. The van der Waals surface area contributed by atoms with E-state index < -0.39 is 5.82 Å². The van der Waals surface area contributed by atoms with Gasteiger partial charge in [0.15, 0.2) is 0 Å². The fourth-order valence-corrected chi connectivity index (χ4v) is 1.51. The van der Waals surface area contributed by atoms with Crippen LogP contribution in [0.25, 0.3) is 0 Å². The van der Waals surface area contributed by atoms with Crippen LogP contribution in [0.1, 0.15) is 31.7 Å². The lowest BCUT2D eigenvalue weighted by Crippen LogP contribution is -2.06. The number of unbranched alkanes of at least 4 members (excludes halogenated alkanes) is 1. The molecule has 18 heavy (non-hydrogen) atoms. The number of ether oxygens (including phenoxy) is 1. The van der Waals surface area contributed by atoms with Crippen LogP contribution in [-0.2, 0) is 4.74 Å². The van der Waals surface area contributed by atoms with Crippen molar-refractivity contribution in [3.63, 3.8) is 0 Å². The average Bonchev–Trinajstić information content (AvgIpc) is 2.37. The molecule has 0 aliphatic carbocycles. The molecule has 3 nitrogen and oxygen atoms in total. The summed E-state index contributed by atoms with van der Waals surface area (Å²) in [6.45, 7) is 4.34. The number of rotatable bonds is 8. The van der Waals surface area contributed by atoms with Crippen molar-refractivity contribution in [1.82, 2.24) is 0 Å². The van der Waals surface area contributed by atoms with Gasteiger partial charge in [-0.25, -0.2) is 4.39 Å². The number of nitrogens with zero attached hydrogens (tertiary/aromatic N) is 1. The van der Waals surface area contributed by atoms with E-state index >= 15 is 0 Å². The van der Waals surface area contributed by atoms with E-state index in [9.17, 15) is 4.39 Å². The topological polar surface area (TPSA) is 45.0 Å². The van der Waals surface area contributed by atoms with E-state index in [0.717, 1.165) is 25.9 Å². The summed E-state index contributed by atoms with van der Waals surface area (Å²) in [6.07, 6.45) is 3.09. The summed E-state index contributed by atoms with van der Waals surface area (Å²) in [5, 5.41) is 11.8. The Morgan fingerprint density at radius 3 is 2.78 bits per heavy atom. The third kappa shape index (κ3) is 5.65. The first-order valence-electron chi connectivity index (χ1n) is 6.28. The van der Waals surface area contributed by atoms with Crippen LogP contribution < -0.4 is 5.32 Å². The highest BCUT2D eigenvalue weighted by molar-refractivity contribution is 5.49. The van der Waals surface area contributed by atoms with Crippen molar-refractivity contribution in [1.29, 1.82) is 5.26 Å². The highest BCUT2D eigenvalue weighted by atomic mass is 19.1. The van der Waals surface area contributed by atoms with Gasteiger partial charge in [0.1, 0.15) is 5.82 Å². The Bertz CT molecular complexity index is 401. The Hall–Kier alpha value is -1.60. The third-order valence-corrected chi connectivity index (χ3v) is 2.46. The van der Waals surface area contributed by atoms with Crippen molar-refractivity contribution in [2.75, 3.05) is 25.1 Å². The van der Waals surface area contributed by atoms with Gasteiger partial charge >= 0.3 is 0 Å². The van der Waals surface area contributed by atoms with E-state index in [4.69, 9.17) is 10.00 Å². The molecule has 1 rings (SSSR count). The molecule has 0 radical (unpaired) electrons. The Morgan fingerprint density at radius 1 is 1.28 bits per heavy atom. The van der Waals surface area contributed by atoms with Crippen molar-refractivity contribution < 1.29 is 9.13 Å². The zero-order valence-corrected chi connectivity index (χ0v) is 10.7. The molecular weight excluding hydrogens is 231 g/mol. The number of hydrogen-bond acceptors (Lipinski definition) is 3. The molecule has 0 atom stereocenters. The molecular formula is C14H19FN2O. The molecule has 0 spiro atoms. The number of benzene rings is 1. The zero-order chi connectivity index (χ0) is 13.2. The fourth-order valence-electron chi connectivity index (χ4n) is 1.51. The molecule has 0 saturated carbocycles. The molecule has 0 unspecified atom stereocenters. The van der Waals surface area contributed by atoms with Gasteiger partial charge in [0.25, 0.3) is 0 Å². The molecule has 0 bridgehead atoms. The monoisotopic (exact) mass is 250 g/mol. The summed E-state index contributed by atoms with van der Waals surface area (Å²) >= 11 is 0. The third-order valence-electron chi connectivity index (χ3n) is 2.46. The Morgan fingerprint density at radius 2 is 2.06 bits per heavy atom. The van der Waals surface area contributed by atoms with E-state index in [1.807, 2.05) is 6.07 Å². The quantitative estimate of drug-likeness (QED) is 0.720. The first-order chi connectivity index (χ1) is 8.76. The molecule has 0 aliphatic heterocycles. The van der Waals surface area contributed by atoms with Gasteiger partial charge in [0, 0.05) is 25.4 Å². The molecule has 1 aromatic rings. The molecule has 1 N–H and O–H groups in total. The lowest BCUT2D eigenvalue weighted by atomic mass is 10.2. The van der Waals surface area contributed by atoms with E-state index in [2.05, 4.69) is 12.2 Å². The van der Waals surface area contributed by atoms with Gasteiger partial charge in [-0.3, -0.25) is 0 Å². The summed E-state index contributed by atoms with van der Waals surface area (Å²) in [7, 11) is 0. The predicted molar refractivity (Wildman–Crippen MR) is 69.9 cm³/mol. The van der Waals surface area contributed by atoms with Gasteiger partial charge < -0.3 is 10.1 Å². The van der Waals surface area contributed by atoms with E-state index in [-0.39, 0.29) is 0 Å². The van der Waals surface area contributed by atoms with Crippen molar-refractivity contribution in [3.05, 3.63) is 29.6 Å². The maximum atomic E-state index is 13.1. The SMILES string of the molecule is CCCCOCCCNc1cc(F)cc(C#N)c1. The number of anilines is 1. The number of hydrogen-bond donors (Lipinski definition) is 1. The van der Waals surface area contributed by atoms with Crippen LogP contribution in [0, 0.1) is 17.1 Å². The molecule has 98 valence electrons. The van der Waals surface area contributed by atoms with Gasteiger partial charge in [-0.2, -0.15) is 5.26 Å². The molecule has 0 aliphatic rings. The highest BCUT2D eigenvalue weighted by Crippen LogP contribution is 2.13. The maximum absolute atomic E-state index is 13.1. The zero-order valence-electron chi connectivity index (χ0n) is 10.7. The van der Waals surface area contributed by atoms with E-state index in [1.54, 1.807) is 6.07 Å². The molecule has 0 aromatic heterocycles. The normalized spacial score (nSPS) is 10.1. The number of halogens is 1. The molecule has 4 heteroatoms. The number of nitrogens with one attached hydrogen (secondary N) is 1. The first-order valence-corrected chi connectivity index (χ1v) is 6.28. The Kier molecular flexibility index (Phi) is 6.82. The van der Waals surface area contributed by atoms with Gasteiger partial charge in [0.2, 0.25) is 0 Å². The minimum Gasteiger partial charge on any atom is -0.385 e. The predicted octanol–water partition coefficient (Wildman–Crippen LogP) is 3.32. The molecule has 1 aromatic carbocycles. The maximum Gasteiger partial charge on any atom is 0.126 e.